The van der Waals surface area contributed by atoms with Crippen molar-refractivity contribution in [3.8, 4) is 0 Å². The van der Waals surface area contributed by atoms with Crippen molar-refractivity contribution >= 4 is 26.3 Å². The number of hydrogen-bond acceptors (Lipinski definition) is 8. The molecule has 0 N–H and O–H groups in total. The van der Waals surface area contributed by atoms with Crippen LogP contribution in [0.25, 0.3) is 4.96 Å². The summed E-state index contributed by atoms with van der Waals surface area (Å²) >= 11 is 1.42. The summed E-state index contributed by atoms with van der Waals surface area (Å²) in [6, 6.07) is 1.54. The number of aryl methyl sites for hydroxylation is 2. The summed E-state index contributed by atoms with van der Waals surface area (Å²) < 4.78 is 34.1. The molecular formula is C17H21N5O4S2. The van der Waals surface area contributed by atoms with E-state index < -0.39 is 10.0 Å². The fourth-order valence-corrected chi connectivity index (χ4v) is 6.02. The summed E-state index contributed by atoms with van der Waals surface area (Å²) in [7, 11) is -3.64. The molecule has 0 amide bonds. The molecule has 0 aromatic carbocycles. The van der Waals surface area contributed by atoms with Crippen molar-refractivity contribution in [1.82, 2.24) is 23.7 Å². The molecule has 150 valence electrons. The first kappa shape index (κ1) is 19.2. The highest BCUT2D eigenvalue weighted by atomic mass is 32.2. The van der Waals surface area contributed by atoms with E-state index in [1.807, 2.05) is 5.38 Å². The van der Waals surface area contributed by atoms with Crippen LogP contribution in [0.1, 0.15) is 23.6 Å². The Balaban J connectivity index is 1.50. The number of rotatable bonds is 4. The van der Waals surface area contributed by atoms with Crippen LogP contribution < -0.4 is 5.56 Å². The van der Waals surface area contributed by atoms with Gasteiger partial charge in [0, 0.05) is 43.8 Å². The van der Waals surface area contributed by atoms with Crippen LogP contribution >= 0.6 is 11.3 Å². The van der Waals surface area contributed by atoms with Crippen molar-refractivity contribution in [3.63, 3.8) is 0 Å². The van der Waals surface area contributed by atoms with E-state index in [9.17, 15) is 13.2 Å². The summed E-state index contributed by atoms with van der Waals surface area (Å²) in [4.78, 5) is 19.7. The first-order chi connectivity index (χ1) is 13.4. The highest BCUT2D eigenvalue weighted by Crippen LogP contribution is 2.24. The monoisotopic (exact) mass is 423 g/mol. The van der Waals surface area contributed by atoms with E-state index in [0.717, 1.165) is 6.54 Å². The topological polar surface area (TPSA) is 101 Å². The number of sulfonamides is 1. The fraction of sp³-hybridized carbons (Fsp3) is 0.471. The first-order valence-electron chi connectivity index (χ1n) is 8.97. The molecule has 0 atom stereocenters. The molecule has 0 radical (unpaired) electrons. The van der Waals surface area contributed by atoms with Crippen molar-refractivity contribution in [3.05, 3.63) is 45.1 Å². The van der Waals surface area contributed by atoms with Gasteiger partial charge >= 0.3 is 0 Å². The van der Waals surface area contributed by atoms with Gasteiger partial charge in [0.2, 0.25) is 10.0 Å². The van der Waals surface area contributed by atoms with Crippen molar-refractivity contribution in [2.75, 3.05) is 26.2 Å². The lowest BCUT2D eigenvalue weighted by atomic mass is 10.3. The van der Waals surface area contributed by atoms with Gasteiger partial charge in [-0.2, -0.15) is 4.31 Å². The van der Waals surface area contributed by atoms with Crippen molar-refractivity contribution < 1.29 is 12.9 Å². The predicted molar refractivity (Wildman–Crippen MR) is 104 cm³/mol. The van der Waals surface area contributed by atoms with Crippen LogP contribution in [0.4, 0.5) is 0 Å². The average molecular weight is 424 g/mol. The largest absolute Gasteiger partial charge is 0.360 e. The number of nitrogens with zero attached hydrogens (tertiary/aromatic N) is 5. The van der Waals surface area contributed by atoms with E-state index in [2.05, 4.69) is 15.0 Å². The molecule has 1 aliphatic heterocycles. The average Bonchev–Trinajstić information content (AvgIpc) is 3.16. The van der Waals surface area contributed by atoms with Gasteiger partial charge in [0.1, 0.15) is 10.6 Å². The minimum absolute atomic E-state index is 0.0984. The van der Waals surface area contributed by atoms with Gasteiger partial charge in [0.25, 0.3) is 5.56 Å². The fourth-order valence-electron chi connectivity index (χ4n) is 3.52. The second-order valence-electron chi connectivity index (χ2n) is 6.83. The van der Waals surface area contributed by atoms with Crippen molar-refractivity contribution in [1.29, 1.82) is 0 Å². The van der Waals surface area contributed by atoms with E-state index in [4.69, 9.17) is 4.52 Å². The van der Waals surface area contributed by atoms with Gasteiger partial charge in [-0.25, -0.2) is 13.4 Å². The molecule has 28 heavy (non-hydrogen) atoms. The molecule has 0 saturated carbocycles. The lowest BCUT2D eigenvalue weighted by molar-refractivity contribution is 0.275. The maximum Gasteiger partial charge on any atom is 0.258 e. The van der Waals surface area contributed by atoms with Crippen LogP contribution in [0.3, 0.4) is 0 Å². The molecule has 4 heterocycles. The zero-order valence-corrected chi connectivity index (χ0v) is 17.3. The Morgan fingerprint density at radius 1 is 1.21 bits per heavy atom. The molecule has 11 heteroatoms. The quantitative estimate of drug-likeness (QED) is 0.623. The van der Waals surface area contributed by atoms with Crippen LogP contribution in [-0.2, 0) is 16.6 Å². The van der Waals surface area contributed by atoms with Gasteiger partial charge in [0.15, 0.2) is 10.7 Å². The molecule has 9 nitrogen and oxygen atoms in total. The molecule has 0 bridgehead atoms. The van der Waals surface area contributed by atoms with E-state index in [0.29, 0.717) is 54.7 Å². The molecule has 3 aromatic heterocycles. The molecule has 1 fully saturated rings. The highest BCUT2D eigenvalue weighted by Gasteiger charge is 2.32. The maximum absolute atomic E-state index is 13.0. The standard InChI is InChI=1S/C17H21N5O4S2/c1-12-16(13(2)26-19-12)28(24,25)21-5-3-4-20(6-7-21)11-14-10-15(23)22-8-9-27-17(22)18-14/h8-10H,3-7,11H2,1-2H3. The van der Waals surface area contributed by atoms with Crippen LogP contribution in [0.2, 0.25) is 0 Å². The molecular weight excluding hydrogens is 402 g/mol. The van der Waals surface area contributed by atoms with E-state index >= 15 is 0 Å². The smallest absolute Gasteiger partial charge is 0.258 e. The third-order valence-electron chi connectivity index (χ3n) is 4.86. The normalized spacial score (nSPS) is 17.2. The Kier molecular flexibility index (Phi) is 5.08. The third kappa shape index (κ3) is 3.50. The second kappa shape index (κ2) is 7.39. The maximum atomic E-state index is 13.0. The summed E-state index contributed by atoms with van der Waals surface area (Å²) in [6.07, 6.45) is 2.41. The van der Waals surface area contributed by atoms with E-state index in [1.165, 1.54) is 20.0 Å². The molecule has 3 aromatic rings. The Labute approximate surface area is 166 Å². The number of thiazole rings is 1. The minimum atomic E-state index is -3.64. The SMILES string of the molecule is Cc1noc(C)c1S(=O)(=O)N1CCCN(Cc2cc(=O)n3ccsc3n2)CC1. The van der Waals surface area contributed by atoms with Crippen LogP contribution in [0.5, 0.6) is 0 Å². The Bertz CT molecular complexity index is 1140. The molecule has 0 spiro atoms. The van der Waals surface area contributed by atoms with E-state index in [1.54, 1.807) is 26.1 Å². The predicted octanol–water partition coefficient (Wildman–Crippen LogP) is 1.26. The summed E-state index contributed by atoms with van der Waals surface area (Å²) in [6.45, 7) is 5.87. The number of aromatic nitrogens is 3. The lowest BCUT2D eigenvalue weighted by Crippen LogP contribution is -2.35. The van der Waals surface area contributed by atoms with Gasteiger partial charge in [-0.05, 0) is 26.8 Å². The minimum Gasteiger partial charge on any atom is -0.360 e. The lowest BCUT2D eigenvalue weighted by Gasteiger charge is -2.21. The Hall–Kier alpha value is -2.08. The highest BCUT2D eigenvalue weighted by molar-refractivity contribution is 7.89. The zero-order chi connectivity index (χ0) is 19.9. The second-order valence-corrected chi connectivity index (χ2v) is 9.58. The first-order valence-corrected chi connectivity index (χ1v) is 11.3. The van der Waals surface area contributed by atoms with Crippen molar-refractivity contribution in [2.45, 2.75) is 31.7 Å². The van der Waals surface area contributed by atoms with E-state index in [-0.39, 0.29) is 10.5 Å². The van der Waals surface area contributed by atoms with Gasteiger partial charge < -0.3 is 4.52 Å². The van der Waals surface area contributed by atoms with Crippen LogP contribution in [0, 0.1) is 13.8 Å². The van der Waals surface area contributed by atoms with Crippen molar-refractivity contribution in [2.24, 2.45) is 0 Å². The van der Waals surface area contributed by atoms with Gasteiger partial charge in [-0.1, -0.05) is 5.16 Å². The van der Waals surface area contributed by atoms with Gasteiger partial charge in [0.05, 0.1) is 5.69 Å². The third-order valence-corrected chi connectivity index (χ3v) is 7.76. The molecule has 0 unspecified atom stereocenters. The molecule has 1 saturated heterocycles. The van der Waals surface area contributed by atoms with Gasteiger partial charge in [-0.3, -0.25) is 14.1 Å². The van der Waals surface area contributed by atoms with Crippen LogP contribution in [0.15, 0.2) is 31.9 Å². The summed E-state index contributed by atoms with van der Waals surface area (Å²) in [5, 5.41) is 5.60. The summed E-state index contributed by atoms with van der Waals surface area (Å²) in [5.74, 6) is 0.313. The number of fused-ring (bicyclic) bond motifs is 1. The Morgan fingerprint density at radius 3 is 2.79 bits per heavy atom. The van der Waals surface area contributed by atoms with Crippen LogP contribution in [-0.4, -0.2) is 58.3 Å². The zero-order valence-electron chi connectivity index (χ0n) is 15.7. The molecule has 0 aliphatic carbocycles. The van der Waals surface area contributed by atoms with Gasteiger partial charge in [-0.15, -0.1) is 11.3 Å². The molecule has 1 aliphatic rings. The molecule has 4 rings (SSSR count). The summed E-state index contributed by atoms with van der Waals surface area (Å²) in [5.41, 5.74) is 0.987. The number of hydrogen-bond donors (Lipinski definition) is 0. The Morgan fingerprint density at radius 2 is 2.04 bits per heavy atom.